The van der Waals surface area contributed by atoms with E-state index in [4.69, 9.17) is 9.47 Å². The molecule has 3 aromatic carbocycles. The highest BCUT2D eigenvalue weighted by atomic mass is 16.6. The lowest BCUT2D eigenvalue weighted by atomic mass is 10.0. The standard InChI is InChI=1S/C34H40N6O5/c1-34(2,3)45-31(42)29(39-33(43)44-22-23-9-5-4-6-10-23)21-35-30(41)24-13-15-26(16-14-24)40-19-17-25(18-20-40)36-32-37-27-11-7-8-12-28(27)38-32/h4-16,25,29H,17-22H2,1-3H3,(H,35,41)(H,39,43)(H2,36,37,38)/t29-/m0/s1. The van der Waals surface area contributed by atoms with E-state index in [-0.39, 0.29) is 19.1 Å². The molecular weight excluding hydrogens is 572 g/mol. The fourth-order valence-corrected chi connectivity index (χ4v) is 5.09. The fourth-order valence-electron chi connectivity index (χ4n) is 5.09. The Kier molecular flexibility index (Phi) is 9.86. The topological polar surface area (TPSA) is 138 Å². The monoisotopic (exact) mass is 612 g/mol. The number of anilines is 2. The van der Waals surface area contributed by atoms with Crippen molar-refractivity contribution in [3.8, 4) is 0 Å². The quantitative estimate of drug-likeness (QED) is 0.184. The molecule has 0 bridgehead atoms. The van der Waals surface area contributed by atoms with Gasteiger partial charge >= 0.3 is 12.1 Å². The van der Waals surface area contributed by atoms with Crippen LogP contribution in [-0.4, -0.2) is 65.3 Å². The molecule has 45 heavy (non-hydrogen) atoms. The number of para-hydroxylation sites is 2. The fraction of sp³-hybridized carbons (Fsp3) is 0.353. The molecule has 1 aliphatic heterocycles. The van der Waals surface area contributed by atoms with E-state index in [2.05, 4.69) is 30.8 Å². The van der Waals surface area contributed by atoms with Crippen LogP contribution < -0.4 is 20.9 Å². The van der Waals surface area contributed by atoms with Gasteiger partial charge in [0, 0.05) is 36.9 Å². The molecule has 1 atom stereocenters. The van der Waals surface area contributed by atoms with Gasteiger partial charge in [-0.15, -0.1) is 0 Å². The largest absolute Gasteiger partial charge is 0.458 e. The summed E-state index contributed by atoms with van der Waals surface area (Å²) in [4.78, 5) is 48.6. The second-order valence-corrected chi connectivity index (χ2v) is 12.1. The predicted molar refractivity (Wildman–Crippen MR) is 173 cm³/mol. The van der Waals surface area contributed by atoms with Crippen LogP contribution in [0.1, 0.15) is 49.5 Å². The SMILES string of the molecule is CC(C)(C)OC(=O)[C@H](CNC(=O)c1ccc(N2CCC(Nc3nc4ccccc4[nH]3)CC2)cc1)NC(=O)OCc1ccccc1. The van der Waals surface area contributed by atoms with Gasteiger partial charge in [-0.05, 0) is 75.6 Å². The summed E-state index contributed by atoms with van der Waals surface area (Å²) in [6, 6.07) is 23.7. The lowest BCUT2D eigenvalue weighted by Crippen LogP contribution is -2.50. The number of amides is 2. The minimum Gasteiger partial charge on any atom is -0.458 e. The average Bonchev–Trinajstić information content (AvgIpc) is 3.44. The third-order valence-corrected chi connectivity index (χ3v) is 7.38. The highest BCUT2D eigenvalue weighted by molar-refractivity contribution is 5.95. The van der Waals surface area contributed by atoms with Gasteiger partial charge in [0.05, 0.1) is 11.0 Å². The van der Waals surface area contributed by atoms with Crippen molar-refractivity contribution in [3.05, 3.63) is 90.0 Å². The Labute approximate surface area is 262 Å². The Hall–Kier alpha value is -5.06. The molecule has 1 fully saturated rings. The Bertz CT molecular complexity index is 1560. The van der Waals surface area contributed by atoms with Crippen molar-refractivity contribution in [2.24, 2.45) is 0 Å². The Morgan fingerprint density at radius 2 is 1.64 bits per heavy atom. The first kappa shape index (κ1) is 31.4. The maximum atomic E-state index is 13.0. The molecule has 0 saturated carbocycles. The van der Waals surface area contributed by atoms with E-state index < -0.39 is 23.7 Å². The Morgan fingerprint density at radius 1 is 0.956 bits per heavy atom. The maximum absolute atomic E-state index is 13.0. The number of imidazole rings is 1. The second-order valence-electron chi connectivity index (χ2n) is 12.1. The number of nitrogens with zero attached hydrogens (tertiary/aromatic N) is 2. The molecule has 2 amide bonds. The molecule has 0 radical (unpaired) electrons. The number of aromatic amines is 1. The zero-order valence-corrected chi connectivity index (χ0v) is 25.8. The molecule has 11 heteroatoms. The normalized spacial score (nSPS) is 14.4. The number of rotatable bonds is 10. The summed E-state index contributed by atoms with van der Waals surface area (Å²) in [5.41, 5.74) is 3.46. The number of H-pyrrole nitrogens is 1. The minimum atomic E-state index is -1.13. The van der Waals surface area contributed by atoms with E-state index in [0.717, 1.165) is 54.2 Å². The summed E-state index contributed by atoms with van der Waals surface area (Å²) < 4.78 is 10.7. The summed E-state index contributed by atoms with van der Waals surface area (Å²) in [5.74, 6) is -0.255. The van der Waals surface area contributed by atoms with Crippen LogP contribution in [-0.2, 0) is 20.9 Å². The molecule has 0 unspecified atom stereocenters. The molecule has 236 valence electrons. The van der Waals surface area contributed by atoms with Crippen molar-refractivity contribution in [1.29, 1.82) is 0 Å². The summed E-state index contributed by atoms with van der Waals surface area (Å²) in [5, 5.41) is 8.79. The average molecular weight is 613 g/mol. The number of esters is 1. The van der Waals surface area contributed by atoms with Crippen LogP contribution in [0.2, 0.25) is 0 Å². The van der Waals surface area contributed by atoms with E-state index in [1.807, 2.05) is 66.7 Å². The molecule has 1 aliphatic rings. The van der Waals surface area contributed by atoms with Crippen LogP contribution in [0.25, 0.3) is 11.0 Å². The number of hydrogen-bond acceptors (Lipinski definition) is 8. The first-order chi connectivity index (χ1) is 21.6. The molecule has 4 N–H and O–H groups in total. The molecule has 0 aliphatic carbocycles. The number of alkyl carbamates (subject to hydrolysis) is 1. The van der Waals surface area contributed by atoms with Gasteiger partial charge in [0.25, 0.3) is 5.91 Å². The van der Waals surface area contributed by atoms with Crippen molar-refractivity contribution in [3.63, 3.8) is 0 Å². The van der Waals surface area contributed by atoms with Gasteiger partial charge in [0.1, 0.15) is 18.2 Å². The highest BCUT2D eigenvalue weighted by Gasteiger charge is 2.28. The van der Waals surface area contributed by atoms with Gasteiger partial charge in [-0.2, -0.15) is 0 Å². The lowest BCUT2D eigenvalue weighted by molar-refractivity contribution is -0.157. The number of fused-ring (bicyclic) bond motifs is 1. The summed E-state index contributed by atoms with van der Waals surface area (Å²) in [6.45, 7) is 6.81. The first-order valence-corrected chi connectivity index (χ1v) is 15.2. The van der Waals surface area contributed by atoms with Gasteiger partial charge < -0.3 is 35.3 Å². The molecule has 5 rings (SSSR count). The number of hydrogen-bond donors (Lipinski definition) is 4. The Balaban J connectivity index is 1.11. The van der Waals surface area contributed by atoms with Crippen LogP contribution in [0.15, 0.2) is 78.9 Å². The highest BCUT2D eigenvalue weighted by Crippen LogP contribution is 2.23. The second kappa shape index (κ2) is 14.1. The van der Waals surface area contributed by atoms with Crippen LogP contribution in [0.5, 0.6) is 0 Å². The molecule has 4 aromatic rings. The van der Waals surface area contributed by atoms with E-state index >= 15 is 0 Å². The predicted octanol–water partition coefficient (Wildman–Crippen LogP) is 5.01. The van der Waals surface area contributed by atoms with E-state index in [9.17, 15) is 14.4 Å². The summed E-state index contributed by atoms with van der Waals surface area (Å²) >= 11 is 0. The molecule has 0 spiro atoms. The van der Waals surface area contributed by atoms with Crippen LogP contribution in [0, 0.1) is 0 Å². The number of carbonyl (C=O) groups excluding carboxylic acids is 3. The van der Waals surface area contributed by atoms with E-state index in [1.54, 1.807) is 32.9 Å². The third-order valence-electron chi connectivity index (χ3n) is 7.38. The van der Waals surface area contributed by atoms with Crippen LogP contribution >= 0.6 is 0 Å². The molecular formula is C34H40N6O5. The van der Waals surface area contributed by atoms with E-state index in [0.29, 0.717) is 11.6 Å². The molecule has 1 saturated heterocycles. The van der Waals surface area contributed by atoms with Gasteiger partial charge in [0.2, 0.25) is 5.95 Å². The number of piperidine rings is 1. The number of carbonyl (C=O) groups is 3. The van der Waals surface area contributed by atoms with Crippen LogP contribution in [0.3, 0.4) is 0 Å². The van der Waals surface area contributed by atoms with Crippen molar-refractivity contribution in [1.82, 2.24) is 20.6 Å². The molecule has 2 heterocycles. The van der Waals surface area contributed by atoms with Crippen LogP contribution in [0.4, 0.5) is 16.4 Å². The molecule has 1 aromatic heterocycles. The summed E-state index contributed by atoms with van der Waals surface area (Å²) in [7, 11) is 0. The zero-order chi connectivity index (χ0) is 31.8. The van der Waals surface area contributed by atoms with Crippen molar-refractivity contribution < 1.29 is 23.9 Å². The lowest BCUT2D eigenvalue weighted by Gasteiger charge is -2.34. The van der Waals surface area contributed by atoms with Crippen molar-refractivity contribution in [2.45, 2.75) is 57.9 Å². The number of aromatic nitrogens is 2. The zero-order valence-electron chi connectivity index (χ0n) is 25.8. The minimum absolute atomic E-state index is 0.0435. The third kappa shape index (κ3) is 8.98. The van der Waals surface area contributed by atoms with Crippen molar-refractivity contribution in [2.75, 3.05) is 29.9 Å². The van der Waals surface area contributed by atoms with Gasteiger partial charge in [-0.3, -0.25) is 4.79 Å². The summed E-state index contributed by atoms with van der Waals surface area (Å²) in [6.07, 6.45) is 1.11. The Morgan fingerprint density at radius 3 is 2.33 bits per heavy atom. The van der Waals surface area contributed by atoms with Gasteiger partial charge in [-0.1, -0.05) is 42.5 Å². The number of nitrogens with one attached hydrogen (secondary N) is 4. The van der Waals surface area contributed by atoms with Crippen molar-refractivity contribution >= 4 is 40.6 Å². The molecule has 11 nitrogen and oxygen atoms in total. The maximum Gasteiger partial charge on any atom is 0.408 e. The number of ether oxygens (including phenoxy) is 2. The van der Waals surface area contributed by atoms with Gasteiger partial charge in [0.15, 0.2) is 0 Å². The van der Waals surface area contributed by atoms with E-state index in [1.165, 1.54) is 0 Å². The van der Waals surface area contributed by atoms with Gasteiger partial charge in [-0.25, -0.2) is 14.6 Å². The number of benzene rings is 3. The smallest absolute Gasteiger partial charge is 0.408 e. The first-order valence-electron chi connectivity index (χ1n) is 15.2.